The van der Waals surface area contributed by atoms with E-state index in [4.69, 9.17) is 28.4 Å². The van der Waals surface area contributed by atoms with Crippen LogP contribution in [-0.4, -0.2) is 128 Å². The van der Waals surface area contributed by atoms with E-state index in [-0.39, 0.29) is 0 Å². The average molecular weight is 774 g/mol. The maximum atomic E-state index is 6.16. The molecule has 0 bridgehead atoms. The standard InChI is InChI=1S/C41H57N7O4P2/c1-32-10-8-12-37(34(32)3)42-53(44-16-24-49-25-17-44,45-18-26-50-27-19-45)40-36(5)41(48-15-7-6-14-39(40)48)54(46-20-28-51-29-21-46,47-22-30-52-31-23-47)43-38-13-9-11-33(2)35(38)4/h6-15H,16-31H2,1-5H3. The molecule has 8 rings (SSSR count). The van der Waals surface area contributed by atoms with Crippen molar-refractivity contribution in [1.29, 1.82) is 0 Å². The van der Waals surface area contributed by atoms with Crippen LogP contribution in [0.15, 0.2) is 70.3 Å². The molecule has 4 aromatic rings. The molecule has 290 valence electrons. The van der Waals surface area contributed by atoms with Crippen LogP contribution in [0, 0.1) is 34.6 Å². The Kier molecular flexibility index (Phi) is 11.6. The molecule has 13 heteroatoms. The Morgan fingerprint density at radius 1 is 0.463 bits per heavy atom. The normalized spacial score (nSPS) is 20.4. The lowest BCUT2D eigenvalue weighted by molar-refractivity contribution is 0.0578. The van der Waals surface area contributed by atoms with Crippen molar-refractivity contribution in [3.63, 3.8) is 0 Å². The van der Waals surface area contributed by atoms with Crippen molar-refractivity contribution in [2.24, 2.45) is 9.49 Å². The third-order valence-corrected chi connectivity index (χ3v) is 19.8. The van der Waals surface area contributed by atoms with E-state index in [1.165, 1.54) is 44.1 Å². The van der Waals surface area contributed by atoms with Crippen LogP contribution in [0.3, 0.4) is 0 Å². The number of aromatic nitrogens is 1. The van der Waals surface area contributed by atoms with Gasteiger partial charge >= 0.3 is 0 Å². The molecule has 0 atom stereocenters. The van der Waals surface area contributed by atoms with Gasteiger partial charge in [-0.15, -0.1) is 0 Å². The SMILES string of the molecule is Cc1cccc(N=P(c2c(C)c(P(=Nc3cccc(C)c3C)(N3CCOCC3)N3CCOCC3)n3ccccc23)(N2CCOCC2)N2CCOCC2)c1C. The van der Waals surface area contributed by atoms with E-state index in [9.17, 15) is 0 Å². The molecule has 4 saturated heterocycles. The number of benzene rings is 2. The van der Waals surface area contributed by atoms with Gasteiger partial charge in [0.25, 0.3) is 0 Å². The van der Waals surface area contributed by atoms with Gasteiger partial charge in [-0.1, -0.05) is 30.3 Å². The van der Waals surface area contributed by atoms with E-state index in [1.54, 1.807) is 0 Å². The Labute approximate surface area is 321 Å². The van der Waals surface area contributed by atoms with Crippen molar-refractivity contribution in [2.45, 2.75) is 34.6 Å². The molecule has 11 nitrogen and oxygen atoms in total. The minimum Gasteiger partial charge on any atom is -0.379 e. The second kappa shape index (κ2) is 16.4. The molecule has 54 heavy (non-hydrogen) atoms. The van der Waals surface area contributed by atoms with Crippen LogP contribution in [0.4, 0.5) is 11.4 Å². The molecule has 0 amide bonds. The zero-order valence-corrected chi connectivity index (χ0v) is 34.5. The average Bonchev–Trinajstić information content (AvgIpc) is 3.52. The molecule has 4 aliphatic rings. The fraction of sp³-hybridized carbons (Fsp3) is 0.512. The summed E-state index contributed by atoms with van der Waals surface area (Å²) in [6.45, 7) is 23.3. The Morgan fingerprint density at radius 2 is 0.870 bits per heavy atom. The van der Waals surface area contributed by atoms with Gasteiger partial charge in [-0.3, -0.25) is 0 Å². The van der Waals surface area contributed by atoms with Crippen molar-refractivity contribution in [2.75, 3.05) is 105 Å². The maximum absolute atomic E-state index is 6.16. The molecule has 4 fully saturated rings. The minimum absolute atomic E-state index is 0.685. The van der Waals surface area contributed by atoms with Crippen LogP contribution < -0.4 is 10.7 Å². The molecule has 6 heterocycles. The van der Waals surface area contributed by atoms with Gasteiger partial charge in [0.1, 0.15) is 14.7 Å². The van der Waals surface area contributed by atoms with Gasteiger partial charge in [0, 0.05) is 63.9 Å². The lowest BCUT2D eigenvalue weighted by Gasteiger charge is -2.48. The predicted octanol–water partition coefficient (Wildman–Crippen LogP) is 6.79. The summed E-state index contributed by atoms with van der Waals surface area (Å²) in [5.41, 5.74) is 10.9. The first kappa shape index (κ1) is 38.2. The van der Waals surface area contributed by atoms with Crippen LogP contribution in [0.25, 0.3) is 5.52 Å². The van der Waals surface area contributed by atoms with Crippen molar-refractivity contribution in [3.05, 3.63) is 88.6 Å². The van der Waals surface area contributed by atoms with Gasteiger partial charge in [-0.2, -0.15) is 0 Å². The summed E-state index contributed by atoms with van der Waals surface area (Å²) in [7, 11) is -5.37. The second-order valence-electron chi connectivity index (χ2n) is 14.8. The number of fused-ring (bicyclic) bond motifs is 1. The summed E-state index contributed by atoms with van der Waals surface area (Å²) < 4.78 is 49.9. The summed E-state index contributed by atoms with van der Waals surface area (Å²) in [6.07, 6.45) is 2.29. The van der Waals surface area contributed by atoms with Crippen molar-refractivity contribution < 1.29 is 18.9 Å². The van der Waals surface area contributed by atoms with E-state index in [1.807, 2.05) is 0 Å². The highest BCUT2D eigenvalue weighted by atomic mass is 31.2. The molecule has 0 radical (unpaired) electrons. The molecule has 0 spiro atoms. The molecule has 0 N–H and O–H groups in total. The Hall–Kier alpha value is -2.66. The van der Waals surface area contributed by atoms with E-state index in [0.29, 0.717) is 52.9 Å². The van der Waals surface area contributed by atoms with E-state index in [2.05, 4.69) is 118 Å². The monoisotopic (exact) mass is 773 g/mol. The maximum Gasteiger partial charge on any atom is 0.149 e. The fourth-order valence-corrected chi connectivity index (χ4v) is 17.2. The van der Waals surface area contributed by atoms with Crippen LogP contribution in [-0.2, 0) is 18.9 Å². The summed E-state index contributed by atoms with van der Waals surface area (Å²) in [6, 6.07) is 19.9. The molecular weight excluding hydrogens is 716 g/mol. The topological polar surface area (TPSA) is 79.0 Å². The van der Waals surface area contributed by atoms with E-state index < -0.39 is 14.7 Å². The molecule has 2 aromatic carbocycles. The third kappa shape index (κ3) is 6.79. The quantitative estimate of drug-likeness (QED) is 0.182. The van der Waals surface area contributed by atoms with Crippen LogP contribution >= 0.6 is 14.7 Å². The van der Waals surface area contributed by atoms with Crippen molar-refractivity contribution in [3.8, 4) is 0 Å². The largest absolute Gasteiger partial charge is 0.379 e. The number of ether oxygens (including phenoxy) is 4. The predicted molar refractivity (Wildman–Crippen MR) is 221 cm³/mol. The van der Waals surface area contributed by atoms with E-state index in [0.717, 1.165) is 63.7 Å². The molecular formula is C41H57N7O4P2. The highest BCUT2D eigenvalue weighted by Gasteiger charge is 2.47. The van der Waals surface area contributed by atoms with Gasteiger partial charge in [0.05, 0.1) is 75.2 Å². The molecule has 0 aliphatic carbocycles. The Bertz CT molecular complexity index is 1890. The second-order valence-corrected chi connectivity index (χ2v) is 20.6. The molecule has 4 aliphatic heterocycles. The van der Waals surface area contributed by atoms with Gasteiger partial charge in [0.2, 0.25) is 0 Å². The zero-order chi connectivity index (χ0) is 37.3. The van der Waals surface area contributed by atoms with Crippen molar-refractivity contribution >= 4 is 42.3 Å². The minimum atomic E-state index is -2.70. The summed E-state index contributed by atoms with van der Waals surface area (Å²) in [5.74, 6) is 0. The van der Waals surface area contributed by atoms with Crippen LogP contribution in [0.1, 0.15) is 27.8 Å². The number of nitrogens with zero attached hydrogens (tertiary/aromatic N) is 7. The number of hydrogen-bond donors (Lipinski definition) is 0. The van der Waals surface area contributed by atoms with Crippen molar-refractivity contribution in [1.82, 2.24) is 23.1 Å². The van der Waals surface area contributed by atoms with Gasteiger partial charge in [-0.05, 0) is 86.7 Å². The number of morpholine rings is 4. The smallest absolute Gasteiger partial charge is 0.149 e. The molecule has 2 aromatic heterocycles. The van der Waals surface area contributed by atoms with Gasteiger partial charge in [0.15, 0.2) is 0 Å². The summed E-state index contributed by atoms with van der Waals surface area (Å²) in [5, 5.41) is 1.34. The summed E-state index contributed by atoms with van der Waals surface area (Å²) in [4.78, 5) is 0. The Morgan fingerprint density at radius 3 is 1.31 bits per heavy atom. The molecule has 0 unspecified atom stereocenters. The van der Waals surface area contributed by atoms with Crippen LogP contribution in [0.5, 0.6) is 0 Å². The first-order valence-corrected chi connectivity index (χ1v) is 23.0. The van der Waals surface area contributed by atoms with Gasteiger partial charge in [-0.25, -0.2) is 28.2 Å². The highest BCUT2D eigenvalue weighted by molar-refractivity contribution is 7.71. The first-order valence-electron chi connectivity index (χ1n) is 19.7. The third-order valence-electron chi connectivity index (χ3n) is 11.8. The number of aryl methyl sites for hydroxylation is 2. The number of rotatable bonds is 8. The zero-order valence-electron chi connectivity index (χ0n) is 32.7. The van der Waals surface area contributed by atoms with E-state index >= 15 is 0 Å². The summed E-state index contributed by atoms with van der Waals surface area (Å²) >= 11 is 0. The highest BCUT2D eigenvalue weighted by Crippen LogP contribution is 2.63. The Balaban J connectivity index is 1.53. The number of hydrogen-bond acceptors (Lipinski definition) is 6. The number of pyridine rings is 1. The lowest BCUT2D eigenvalue weighted by Crippen LogP contribution is -2.48. The lowest BCUT2D eigenvalue weighted by atomic mass is 10.1. The first-order chi connectivity index (χ1) is 26.4. The molecule has 0 saturated carbocycles. The van der Waals surface area contributed by atoms with Crippen LogP contribution in [0.2, 0.25) is 0 Å². The fourth-order valence-electron chi connectivity index (χ4n) is 8.63. The van der Waals surface area contributed by atoms with Gasteiger partial charge < -0.3 is 23.3 Å².